The van der Waals surface area contributed by atoms with Crippen molar-refractivity contribution in [3.05, 3.63) is 68.6 Å². The van der Waals surface area contributed by atoms with Gasteiger partial charge in [0.15, 0.2) is 12.4 Å². The first-order valence-electron chi connectivity index (χ1n) is 6.64. The monoisotopic (exact) mass is 437 g/mol. The van der Waals surface area contributed by atoms with Gasteiger partial charge in [-0.05, 0) is 42.0 Å². The molecule has 118 valence electrons. The van der Waals surface area contributed by atoms with Crippen LogP contribution in [-0.2, 0) is 4.79 Å². The number of carbonyl (C=O) groups is 2. The summed E-state index contributed by atoms with van der Waals surface area (Å²) in [4.78, 5) is 23.3. The maximum Gasteiger partial charge on any atom is 0.255 e. The number of rotatable bonds is 6. The van der Waals surface area contributed by atoms with E-state index in [1.807, 2.05) is 24.3 Å². The van der Waals surface area contributed by atoms with Crippen LogP contribution in [-0.4, -0.2) is 18.3 Å². The second kappa shape index (κ2) is 8.08. The van der Waals surface area contributed by atoms with Gasteiger partial charge in [0.25, 0.3) is 5.91 Å². The number of nitrogens with two attached hydrogens (primary N) is 1. The zero-order valence-electron chi connectivity index (χ0n) is 12.0. The van der Waals surface area contributed by atoms with Crippen molar-refractivity contribution in [2.45, 2.75) is 0 Å². The van der Waals surface area contributed by atoms with E-state index < -0.39 is 5.91 Å². The van der Waals surface area contributed by atoms with Gasteiger partial charge in [0, 0.05) is 8.95 Å². The van der Waals surface area contributed by atoms with Gasteiger partial charge in [-0.2, -0.15) is 0 Å². The molecular formula is C17H13Br2NO3. The minimum Gasteiger partial charge on any atom is -0.483 e. The van der Waals surface area contributed by atoms with E-state index >= 15 is 0 Å². The average Bonchev–Trinajstić information content (AvgIpc) is 2.51. The molecule has 2 aromatic rings. The lowest BCUT2D eigenvalue weighted by molar-refractivity contribution is -0.119. The van der Waals surface area contributed by atoms with E-state index in [-0.39, 0.29) is 12.4 Å². The third-order valence-electron chi connectivity index (χ3n) is 2.85. The van der Waals surface area contributed by atoms with E-state index in [1.54, 1.807) is 24.3 Å². The Kier molecular flexibility index (Phi) is 6.12. The van der Waals surface area contributed by atoms with E-state index in [0.717, 1.165) is 14.5 Å². The zero-order chi connectivity index (χ0) is 16.8. The Morgan fingerprint density at radius 1 is 1.09 bits per heavy atom. The molecule has 0 aliphatic heterocycles. The first-order valence-corrected chi connectivity index (χ1v) is 8.23. The molecule has 0 fully saturated rings. The summed E-state index contributed by atoms with van der Waals surface area (Å²) in [6.45, 7) is -0.280. The highest BCUT2D eigenvalue weighted by Crippen LogP contribution is 2.24. The molecule has 23 heavy (non-hydrogen) atoms. The van der Waals surface area contributed by atoms with Crippen LogP contribution < -0.4 is 10.5 Å². The smallest absolute Gasteiger partial charge is 0.255 e. The molecule has 2 aromatic carbocycles. The third kappa shape index (κ3) is 5.33. The highest BCUT2D eigenvalue weighted by atomic mass is 79.9. The van der Waals surface area contributed by atoms with Crippen molar-refractivity contribution in [2.24, 2.45) is 5.73 Å². The molecular weight excluding hydrogens is 426 g/mol. The van der Waals surface area contributed by atoms with Crippen LogP contribution in [0.15, 0.2) is 57.5 Å². The molecule has 0 radical (unpaired) electrons. The number of hydrogen-bond donors (Lipinski definition) is 1. The van der Waals surface area contributed by atoms with Crippen LogP contribution in [0.3, 0.4) is 0 Å². The Bertz CT molecular complexity index is 772. The van der Waals surface area contributed by atoms with Crippen molar-refractivity contribution in [1.82, 2.24) is 0 Å². The van der Waals surface area contributed by atoms with Crippen LogP contribution in [0.2, 0.25) is 0 Å². The average molecular weight is 439 g/mol. The number of ether oxygens (including phenoxy) is 1. The van der Waals surface area contributed by atoms with Crippen molar-refractivity contribution in [2.75, 3.05) is 6.61 Å². The largest absolute Gasteiger partial charge is 0.483 e. The Balaban J connectivity index is 2.23. The maximum atomic E-state index is 12.4. The lowest BCUT2D eigenvalue weighted by atomic mass is 10.1. The number of halogens is 2. The number of carbonyl (C=O) groups excluding carboxylic acids is 2. The van der Waals surface area contributed by atoms with Gasteiger partial charge >= 0.3 is 0 Å². The Labute approximate surface area is 150 Å². The fourth-order valence-corrected chi connectivity index (χ4v) is 2.62. The number of benzene rings is 2. The predicted molar refractivity (Wildman–Crippen MR) is 96.3 cm³/mol. The van der Waals surface area contributed by atoms with E-state index in [2.05, 4.69) is 31.9 Å². The molecule has 0 bridgehead atoms. The van der Waals surface area contributed by atoms with Crippen molar-refractivity contribution in [3.63, 3.8) is 0 Å². The highest BCUT2D eigenvalue weighted by molar-refractivity contribution is 9.10. The Hall–Kier alpha value is -1.92. The SMILES string of the molecule is NC(=O)COc1ccc(Br)cc1C(=O)/C=C/c1cccc(Br)c1. The number of ketones is 1. The molecule has 0 aliphatic rings. The first-order chi connectivity index (χ1) is 11.0. The molecule has 6 heteroatoms. The zero-order valence-corrected chi connectivity index (χ0v) is 15.1. The molecule has 2 rings (SSSR count). The van der Waals surface area contributed by atoms with Crippen LogP contribution in [0.1, 0.15) is 15.9 Å². The van der Waals surface area contributed by atoms with Gasteiger partial charge in [-0.1, -0.05) is 50.1 Å². The molecule has 0 atom stereocenters. The first kappa shape index (κ1) is 17.4. The summed E-state index contributed by atoms with van der Waals surface area (Å²) in [5, 5.41) is 0. The molecule has 1 amide bonds. The summed E-state index contributed by atoms with van der Waals surface area (Å²) >= 11 is 6.70. The lowest BCUT2D eigenvalue weighted by Gasteiger charge is -2.08. The fraction of sp³-hybridized carbons (Fsp3) is 0.0588. The van der Waals surface area contributed by atoms with Crippen LogP contribution >= 0.6 is 31.9 Å². The second-order valence-electron chi connectivity index (χ2n) is 4.65. The summed E-state index contributed by atoms with van der Waals surface area (Å²) in [7, 11) is 0. The van der Waals surface area contributed by atoms with Gasteiger partial charge in [-0.15, -0.1) is 0 Å². The fourth-order valence-electron chi connectivity index (χ4n) is 1.84. The van der Waals surface area contributed by atoms with Gasteiger partial charge in [0.1, 0.15) is 5.75 Å². The predicted octanol–water partition coefficient (Wildman–Crippen LogP) is 3.97. The number of amides is 1. The molecule has 0 saturated heterocycles. The molecule has 0 aromatic heterocycles. The molecule has 2 N–H and O–H groups in total. The van der Waals surface area contributed by atoms with Crippen molar-refractivity contribution in [1.29, 1.82) is 0 Å². The van der Waals surface area contributed by atoms with Gasteiger partial charge in [0.2, 0.25) is 0 Å². The summed E-state index contributed by atoms with van der Waals surface area (Å²) < 4.78 is 6.96. The second-order valence-corrected chi connectivity index (χ2v) is 6.48. The van der Waals surface area contributed by atoms with Gasteiger partial charge in [0.05, 0.1) is 5.56 Å². The van der Waals surface area contributed by atoms with Gasteiger partial charge in [-0.25, -0.2) is 0 Å². The highest BCUT2D eigenvalue weighted by Gasteiger charge is 2.12. The van der Waals surface area contributed by atoms with E-state index in [9.17, 15) is 9.59 Å². The molecule has 0 heterocycles. The van der Waals surface area contributed by atoms with Crippen molar-refractivity contribution in [3.8, 4) is 5.75 Å². The minimum atomic E-state index is -0.601. The quantitative estimate of drug-likeness (QED) is 0.547. The van der Waals surface area contributed by atoms with Crippen LogP contribution in [0, 0.1) is 0 Å². The van der Waals surface area contributed by atoms with E-state index in [4.69, 9.17) is 10.5 Å². The number of primary amides is 1. The lowest BCUT2D eigenvalue weighted by Crippen LogP contribution is -2.20. The van der Waals surface area contributed by atoms with Crippen molar-refractivity contribution < 1.29 is 14.3 Å². The van der Waals surface area contributed by atoms with Crippen LogP contribution in [0.25, 0.3) is 6.08 Å². The molecule has 0 aliphatic carbocycles. The molecule has 0 saturated carbocycles. The topological polar surface area (TPSA) is 69.4 Å². The van der Waals surface area contributed by atoms with Gasteiger partial charge < -0.3 is 10.5 Å². The minimum absolute atomic E-state index is 0.231. The summed E-state index contributed by atoms with van der Waals surface area (Å²) in [5.41, 5.74) is 6.31. The van der Waals surface area contributed by atoms with Crippen molar-refractivity contribution >= 4 is 49.6 Å². The van der Waals surface area contributed by atoms with Crippen LogP contribution in [0.5, 0.6) is 5.75 Å². The Morgan fingerprint density at radius 3 is 2.52 bits per heavy atom. The van der Waals surface area contributed by atoms with Gasteiger partial charge in [-0.3, -0.25) is 9.59 Å². The number of hydrogen-bond acceptors (Lipinski definition) is 3. The summed E-state index contributed by atoms with van der Waals surface area (Å²) in [6, 6.07) is 12.6. The molecule has 4 nitrogen and oxygen atoms in total. The summed E-state index contributed by atoms with van der Waals surface area (Å²) in [5.74, 6) is -0.516. The van der Waals surface area contributed by atoms with Crippen LogP contribution in [0.4, 0.5) is 0 Å². The Morgan fingerprint density at radius 2 is 1.83 bits per heavy atom. The number of allylic oxidation sites excluding steroid dienone is 1. The molecule has 0 unspecified atom stereocenters. The third-order valence-corrected chi connectivity index (χ3v) is 3.84. The normalized spacial score (nSPS) is 10.7. The standard InChI is InChI=1S/C17H13Br2NO3/c18-12-3-1-2-11(8-12)4-6-15(21)14-9-13(19)5-7-16(14)23-10-17(20)22/h1-9H,10H2,(H2,20,22)/b6-4+. The van der Waals surface area contributed by atoms with E-state index in [1.165, 1.54) is 6.08 Å². The summed E-state index contributed by atoms with van der Waals surface area (Å²) in [6.07, 6.45) is 3.17. The van der Waals surface area contributed by atoms with E-state index in [0.29, 0.717) is 11.3 Å². The molecule has 0 spiro atoms. The maximum absolute atomic E-state index is 12.4.